The SMILES string of the molecule is CCCCCCCCN1CCN(c2cccc(CF)c2)CC1. The van der Waals surface area contributed by atoms with E-state index in [1.807, 2.05) is 18.2 Å². The van der Waals surface area contributed by atoms with Crippen LogP contribution in [0.2, 0.25) is 0 Å². The maximum atomic E-state index is 12.8. The topological polar surface area (TPSA) is 6.48 Å². The van der Waals surface area contributed by atoms with E-state index < -0.39 is 0 Å². The summed E-state index contributed by atoms with van der Waals surface area (Å²) < 4.78 is 12.8. The van der Waals surface area contributed by atoms with Gasteiger partial charge in [0.2, 0.25) is 0 Å². The molecule has 3 heteroatoms. The lowest BCUT2D eigenvalue weighted by atomic mass is 10.1. The molecule has 124 valence electrons. The van der Waals surface area contributed by atoms with Crippen molar-refractivity contribution >= 4 is 5.69 Å². The first-order valence-electron chi connectivity index (χ1n) is 8.95. The Balaban J connectivity index is 1.65. The molecule has 0 atom stereocenters. The van der Waals surface area contributed by atoms with E-state index >= 15 is 0 Å². The average Bonchev–Trinajstić information content (AvgIpc) is 2.58. The molecule has 2 rings (SSSR count). The third-order valence-corrected chi connectivity index (χ3v) is 4.63. The number of piperazine rings is 1. The van der Waals surface area contributed by atoms with Crippen LogP contribution in [0.1, 0.15) is 51.0 Å². The molecule has 0 saturated carbocycles. The van der Waals surface area contributed by atoms with E-state index in [0.717, 1.165) is 31.7 Å². The lowest BCUT2D eigenvalue weighted by Crippen LogP contribution is -2.46. The van der Waals surface area contributed by atoms with Gasteiger partial charge in [-0.25, -0.2) is 4.39 Å². The highest BCUT2D eigenvalue weighted by Gasteiger charge is 2.16. The number of hydrogen-bond acceptors (Lipinski definition) is 2. The number of anilines is 1. The summed E-state index contributed by atoms with van der Waals surface area (Å²) in [5, 5.41) is 0. The van der Waals surface area contributed by atoms with Crippen LogP contribution in [0.15, 0.2) is 24.3 Å². The molecular weight excluding hydrogens is 275 g/mol. The summed E-state index contributed by atoms with van der Waals surface area (Å²) in [4.78, 5) is 4.96. The minimum atomic E-state index is -0.369. The number of alkyl halides is 1. The summed E-state index contributed by atoms with van der Waals surface area (Å²) >= 11 is 0. The second-order valence-electron chi connectivity index (χ2n) is 6.40. The summed E-state index contributed by atoms with van der Waals surface area (Å²) in [5.41, 5.74) is 1.96. The van der Waals surface area contributed by atoms with Crippen LogP contribution in [0, 0.1) is 0 Å². The predicted molar refractivity (Wildman–Crippen MR) is 93.3 cm³/mol. The molecule has 0 spiro atoms. The zero-order valence-corrected chi connectivity index (χ0v) is 14.1. The zero-order valence-electron chi connectivity index (χ0n) is 14.1. The maximum absolute atomic E-state index is 12.8. The van der Waals surface area contributed by atoms with Gasteiger partial charge in [-0.2, -0.15) is 0 Å². The average molecular weight is 306 g/mol. The van der Waals surface area contributed by atoms with Crippen molar-refractivity contribution in [2.75, 3.05) is 37.6 Å². The van der Waals surface area contributed by atoms with E-state index in [9.17, 15) is 4.39 Å². The molecule has 0 amide bonds. The Labute approximate surface area is 135 Å². The zero-order chi connectivity index (χ0) is 15.6. The number of nitrogens with zero attached hydrogens (tertiary/aromatic N) is 2. The molecule has 1 aliphatic heterocycles. The molecule has 1 heterocycles. The fraction of sp³-hybridized carbons (Fsp3) is 0.684. The number of benzene rings is 1. The highest BCUT2D eigenvalue weighted by Crippen LogP contribution is 2.19. The van der Waals surface area contributed by atoms with Crippen LogP contribution in [0.25, 0.3) is 0 Å². The van der Waals surface area contributed by atoms with E-state index in [0.29, 0.717) is 0 Å². The lowest BCUT2D eigenvalue weighted by molar-refractivity contribution is 0.252. The largest absolute Gasteiger partial charge is 0.369 e. The Hall–Kier alpha value is -1.09. The minimum absolute atomic E-state index is 0.369. The molecule has 0 aliphatic carbocycles. The molecule has 1 aromatic carbocycles. The Morgan fingerprint density at radius 3 is 2.41 bits per heavy atom. The van der Waals surface area contributed by atoms with E-state index in [1.54, 1.807) is 0 Å². The van der Waals surface area contributed by atoms with Crippen molar-refractivity contribution in [1.82, 2.24) is 4.90 Å². The summed E-state index contributed by atoms with van der Waals surface area (Å²) in [7, 11) is 0. The van der Waals surface area contributed by atoms with Crippen molar-refractivity contribution in [2.45, 2.75) is 52.1 Å². The predicted octanol–water partition coefficient (Wildman–Crippen LogP) is 4.64. The fourth-order valence-corrected chi connectivity index (χ4v) is 3.18. The number of unbranched alkanes of at least 4 members (excludes halogenated alkanes) is 5. The van der Waals surface area contributed by atoms with Gasteiger partial charge in [-0.05, 0) is 30.7 Å². The van der Waals surface area contributed by atoms with Gasteiger partial charge in [-0.15, -0.1) is 0 Å². The molecule has 0 aromatic heterocycles. The van der Waals surface area contributed by atoms with Crippen molar-refractivity contribution in [3.63, 3.8) is 0 Å². The second kappa shape index (κ2) is 9.83. The summed E-state index contributed by atoms with van der Waals surface area (Å²) in [5.74, 6) is 0. The molecule has 22 heavy (non-hydrogen) atoms. The number of hydrogen-bond donors (Lipinski definition) is 0. The Morgan fingerprint density at radius 2 is 1.68 bits per heavy atom. The molecule has 1 aliphatic rings. The molecule has 1 fully saturated rings. The molecule has 2 nitrogen and oxygen atoms in total. The molecule has 0 N–H and O–H groups in total. The van der Waals surface area contributed by atoms with Gasteiger partial charge >= 0.3 is 0 Å². The van der Waals surface area contributed by atoms with Crippen LogP contribution in [0.4, 0.5) is 10.1 Å². The van der Waals surface area contributed by atoms with E-state index in [2.05, 4.69) is 22.8 Å². The third-order valence-electron chi connectivity index (χ3n) is 4.63. The lowest BCUT2D eigenvalue weighted by Gasteiger charge is -2.36. The molecule has 0 unspecified atom stereocenters. The first kappa shape index (κ1) is 17.3. The quantitative estimate of drug-likeness (QED) is 0.613. The fourth-order valence-electron chi connectivity index (χ4n) is 3.18. The van der Waals surface area contributed by atoms with Gasteiger partial charge in [0, 0.05) is 31.9 Å². The number of rotatable bonds is 9. The standard InChI is InChI=1S/C19H31FN2/c1-2-3-4-5-6-7-11-21-12-14-22(15-13-21)19-10-8-9-18(16-19)17-20/h8-10,16H,2-7,11-15,17H2,1H3. The highest BCUT2D eigenvalue weighted by atomic mass is 19.1. The van der Waals surface area contributed by atoms with Crippen molar-refractivity contribution in [3.8, 4) is 0 Å². The van der Waals surface area contributed by atoms with Crippen LogP contribution in [0.5, 0.6) is 0 Å². The summed E-state index contributed by atoms with van der Waals surface area (Å²) in [6.07, 6.45) is 8.21. The Kier molecular flexibility index (Phi) is 7.72. The Bertz CT molecular complexity index is 414. The van der Waals surface area contributed by atoms with Gasteiger partial charge in [0.1, 0.15) is 6.67 Å². The van der Waals surface area contributed by atoms with Gasteiger partial charge in [0.15, 0.2) is 0 Å². The molecular formula is C19H31FN2. The van der Waals surface area contributed by atoms with Crippen LogP contribution in [0.3, 0.4) is 0 Å². The van der Waals surface area contributed by atoms with Crippen molar-refractivity contribution in [2.24, 2.45) is 0 Å². The smallest absolute Gasteiger partial charge is 0.115 e. The summed E-state index contributed by atoms with van der Waals surface area (Å²) in [6, 6.07) is 7.91. The van der Waals surface area contributed by atoms with E-state index in [-0.39, 0.29) is 6.67 Å². The van der Waals surface area contributed by atoms with Gasteiger partial charge in [-0.3, -0.25) is 4.90 Å². The van der Waals surface area contributed by atoms with Crippen molar-refractivity contribution < 1.29 is 4.39 Å². The van der Waals surface area contributed by atoms with Crippen molar-refractivity contribution in [1.29, 1.82) is 0 Å². The van der Waals surface area contributed by atoms with Crippen molar-refractivity contribution in [3.05, 3.63) is 29.8 Å². The van der Waals surface area contributed by atoms with Gasteiger partial charge in [0.25, 0.3) is 0 Å². The molecule has 1 saturated heterocycles. The third kappa shape index (κ3) is 5.60. The van der Waals surface area contributed by atoms with E-state index in [1.165, 1.54) is 50.8 Å². The van der Waals surface area contributed by atoms with Gasteiger partial charge in [0.05, 0.1) is 0 Å². The van der Waals surface area contributed by atoms with Crippen LogP contribution in [-0.2, 0) is 6.67 Å². The normalized spacial score (nSPS) is 16.2. The molecule has 0 bridgehead atoms. The van der Waals surface area contributed by atoms with Gasteiger partial charge < -0.3 is 4.90 Å². The maximum Gasteiger partial charge on any atom is 0.115 e. The molecule has 1 aromatic rings. The first-order valence-corrected chi connectivity index (χ1v) is 8.95. The monoisotopic (exact) mass is 306 g/mol. The summed E-state index contributed by atoms with van der Waals surface area (Å²) in [6.45, 7) is 7.53. The van der Waals surface area contributed by atoms with Crippen LogP contribution in [-0.4, -0.2) is 37.6 Å². The van der Waals surface area contributed by atoms with E-state index in [4.69, 9.17) is 0 Å². The second-order valence-corrected chi connectivity index (χ2v) is 6.40. The number of halogens is 1. The van der Waals surface area contributed by atoms with Gasteiger partial charge in [-0.1, -0.05) is 51.2 Å². The first-order chi connectivity index (χ1) is 10.8. The molecule has 0 radical (unpaired) electrons. The van der Waals surface area contributed by atoms with Crippen LogP contribution < -0.4 is 4.90 Å². The Morgan fingerprint density at radius 1 is 0.955 bits per heavy atom. The highest BCUT2D eigenvalue weighted by molar-refractivity contribution is 5.49. The minimum Gasteiger partial charge on any atom is -0.369 e. The van der Waals surface area contributed by atoms with Crippen LogP contribution >= 0.6 is 0 Å².